The summed E-state index contributed by atoms with van der Waals surface area (Å²) in [6.45, 7) is 13.0. The second-order valence-electron chi connectivity index (χ2n) is 12.6. The van der Waals surface area contributed by atoms with Crippen LogP contribution in [0.1, 0.15) is 85.5 Å². The number of esters is 1. The molecule has 5 unspecified atom stereocenters. The second-order valence-corrected chi connectivity index (χ2v) is 12.6. The van der Waals surface area contributed by atoms with Gasteiger partial charge in [-0.3, -0.25) is 9.59 Å². The first-order valence-electron chi connectivity index (χ1n) is 13.9. The van der Waals surface area contributed by atoms with Crippen molar-refractivity contribution in [1.29, 1.82) is 0 Å². The van der Waals surface area contributed by atoms with E-state index in [1.54, 1.807) is 0 Å². The third-order valence-corrected chi connectivity index (χ3v) is 11.1. The Morgan fingerprint density at radius 1 is 1.17 bits per heavy atom. The maximum absolute atomic E-state index is 13.7. The molecule has 0 aromatic carbocycles. The molecule has 6 atom stereocenters. The van der Waals surface area contributed by atoms with Crippen molar-refractivity contribution in [2.75, 3.05) is 6.61 Å². The van der Waals surface area contributed by atoms with Crippen LogP contribution in [0.4, 0.5) is 0 Å². The minimum atomic E-state index is -0.538. The summed E-state index contributed by atoms with van der Waals surface area (Å²) in [4.78, 5) is 26.1. The number of hydrogen-bond acceptors (Lipinski definition) is 4. The van der Waals surface area contributed by atoms with Crippen LogP contribution in [0.25, 0.3) is 0 Å². The molecule has 5 aliphatic carbocycles. The van der Waals surface area contributed by atoms with Crippen molar-refractivity contribution in [3.8, 4) is 0 Å². The molecule has 0 spiro atoms. The lowest BCUT2D eigenvalue weighted by Gasteiger charge is -2.54. The van der Waals surface area contributed by atoms with Crippen molar-refractivity contribution < 1.29 is 19.4 Å². The van der Waals surface area contributed by atoms with Gasteiger partial charge in [0.25, 0.3) is 0 Å². The highest BCUT2D eigenvalue weighted by molar-refractivity contribution is 5.89. The molecule has 0 aromatic rings. The smallest absolute Gasteiger partial charge is 0.306 e. The van der Waals surface area contributed by atoms with Crippen LogP contribution in [-0.4, -0.2) is 23.5 Å². The second kappa shape index (κ2) is 8.89. The Labute approximate surface area is 216 Å². The molecule has 4 heteroatoms. The number of aliphatic hydroxyl groups excluding tert-OH is 1. The van der Waals surface area contributed by atoms with E-state index in [4.69, 9.17) is 4.74 Å². The zero-order valence-electron chi connectivity index (χ0n) is 22.5. The Kier molecular flexibility index (Phi) is 6.24. The summed E-state index contributed by atoms with van der Waals surface area (Å²) < 4.78 is 5.48. The van der Waals surface area contributed by atoms with E-state index >= 15 is 0 Å². The van der Waals surface area contributed by atoms with E-state index < -0.39 is 11.4 Å². The van der Waals surface area contributed by atoms with Crippen molar-refractivity contribution in [1.82, 2.24) is 0 Å². The van der Waals surface area contributed by atoms with Crippen LogP contribution in [0.5, 0.6) is 0 Å². The summed E-state index contributed by atoms with van der Waals surface area (Å²) in [5.41, 5.74) is 4.41. The zero-order chi connectivity index (χ0) is 25.9. The molecule has 194 valence electrons. The molecule has 36 heavy (non-hydrogen) atoms. The van der Waals surface area contributed by atoms with E-state index in [0.29, 0.717) is 24.0 Å². The molecule has 1 N–H and O–H groups in total. The molecule has 4 nitrogen and oxygen atoms in total. The molecule has 0 heterocycles. The summed E-state index contributed by atoms with van der Waals surface area (Å²) in [6, 6.07) is 0. The van der Waals surface area contributed by atoms with Gasteiger partial charge in [-0.2, -0.15) is 0 Å². The van der Waals surface area contributed by atoms with Gasteiger partial charge in [0, 0.05) is 17.3 Å². The van der Waals surface area contributed by atoms with E-state index in [0.717, 1.165) is 56.1 Å². The number of carbonyl (C=O) groups excluding carboxylic acids is 2. The molecule has 0 amide bonds. The molecule has 0 bridgehead atoms. The lowest BCUT2D eigenvalue weighted by atomic mass is 9.49. The van der Waals surface area contributed by atoms with Crippen LogP contribution < -0.4 is 0 Å². The Morgan fingerprint density at radius 3 is 2.61 bits per heavy atom. The Hall–Kier alpha value is -2.36. The summed E-state index contributed by atoms with van der Waals surface area (Å²) in [5, 5.41) is 10.1. The van der Waals surface area contributed by atoms with Crippen LogP contribution in [0.2, 0.25) is 0 Å². The highest BCUT2D eigenvalue weighted by Gasteiger charge is 2.65. The standard InChI is InChI=1S/C32H42O4/c1-20-13-15-30(3)23(17-20)9-10-24-25(30)14-16-31(4)26(24)18-21(2)32(31,5)28(34)19-36-29(35)12-11-27(33)22-7-6-8-22/h13-15,17,21,24,26,33H,1,6-12,16,18-19H2,2-5H3/t21?,24?,26?,30?,31?,32-/m1/s1. The molecule has 0 saturated heterocycles. The van der Waals surface area contributed by atoms with Crippen molar-refractivity contribution in [2.24, 2.45) is 34.0 Å². The Morgan fingerprint density at radius 2 is 1.92 bits per heavy atom. The quantitative estimate of drug-likeness (QED) is 0.240. The van der Waals surface area contributed by atoms with Crippen molar-refractivity contribution in [3.63, 3.8) is 0 Å². The van der Waals surface area contributed by atoms with Gasteiger partial charge in [-0.05, 0) is 86.2 Å². The van der Waals surface area contributed by atoms with E-state index in [1.807, 2.05) is 0 Å². The topological polar surface area (TPSA) is 63.6 Å². The lowest BCUT2D eigenvalue weighted by molar-refractivity contribution is -0.155. The predicted molar refractivity (Wildman–Crippen MR) is 142 cm³/mol. The first-order chi connectivity index (χ1) is 17.0. The van der Waals surface area contributed by atoms with Crippen LogP contribution in [-0.2, 0) is 14.3 Å². The molecular formula is C32H42O4. The maximum Gasteiger partial charge on any atom is 0.306 e. The summed E-state index contributed by atoms with van der Waals surface area (Å²) in [5.74, 6) is 1.12. The van der Waals surface area contributed by atoms with Gasteiger partial charge in [0.05, 0.1) is 12.2 Å². The molecule has 0 aromatic heterocycles. The number of carbonyl (C=O) groups is 2. The SMILES string of the molecule is C=C1C=CC2(C)C(=C1)CCC1C2=CCC2(C)C1CC(C)[C@]2(C)C(=O)COC(=O)CCC(O)=C1CCC1. The fraction of sp³-hybridized carbons (Fsp3) is 0.625. The molecule has 0 aliphatic heterocycles. The number of ether oxygens (including phenoxy) is 1. The van der Waals surface area contributed by atoms with Crippen LogP contribution in [0.3, 0.4) is 0 Å². The number of aliphatic hydroxyl groups is 1. The third kappa shape index (κ3) is 3.70. The van der Waals surface area contributed by atoms with Crippen molar-refractivity contribution in [3.05, 3.63) is 58.9 Å². The highest BCUT2D eigenvalue weighted by Crippen LogP contribution is 2.69. The minimum absolute atomic E-state index is 0.0342. The highest BCUT2D eigenvalue weighted by atomic mass is 16.5. The van der Waals surface area contributed by atoms with E-state index in [9.17, 15) is 14.7 Å². The summed E-state index contributed by atoms with van der Waals surface area (Å²) >= 11 is 0. The fourth-order valence-corrected chi connectivity index (χ4v) is 8.17. The van der Waals surface area contributed by atoms with E-state index in [2.05, 4.69) is 58.6 Å². The third-order valence-electron chi connectivity index (χ3n) is 11.1. The normalized spacial score (nSPS) is 38.7. The first-order valence-corrected chi connectivity index (χ1v) is 13.9. The number of ketones is 1. The molecular weight excluding hydrogens is 448 g/mol. The van der Waals surface area contributed by atoms with Crippen molar-refractivity contribution in [2.45, 2.75) is 85.5 Å². The molecule has 3 fully saturated rings. The van der Waals surface area contributed by atoms with Crippen LogP contribution in [0, 0.1) is 34.0 Å². The number of allylic oxidation sites excluding steroid dienone is 9. The molecule has 0 radical (unpaired) electrons. The fourth-order valence-electron chi connectivity index (χ4n) is 8.17. The largest absolute Gasteiger partial charge is 0.512 e. The molecule has 3 saturated carbocycles. The monoisotopic (exact) mass is 490 g/mol. The minimum Gasteiger partial charge on any atom is -0.512 e. The van der Waals surface area contributed by atoms with Crippen molar-refractivity contribution >= 4 is 11.8 Å². The van der Waals surface area contributed by atoms with Gasteiger partial charge >= 0.3 is 5.97 Å². The summed E-state index contributed by atoms with van der Waals surface area (Å²) in [7, 11) is 0. The van der Waals surface area contributed by atoms with Crippen LogP contribution >= 0.6 is 0 Å². The van der Waals surface area contributed by atoms with E-state index in [-0.39, 0.29) is 35.6 Å². The van der Waals surface area contributed by atoms with Gasteiger partial charge in [-0.1, -0.05) is 62.8 Å². The van der Waals surface area contributed by atoms with Gasteiger partial charge in [0.15, 0.2) is 12.4 Å². The predicted octanol–water partition coefficient (Wildman–Crippen LogP) is 7.34. The number of Topliss-reactive ketones (excluding diaryl/α,β-unsaturated/α-hetero) is 1. The Bertz CT molecular complexity index is 1110. The van der Waals surface area contributed by atoms with Gasteiger partial charge in [-0.15, -0.1) is 0 Å². The lowest BCUT2D eigenvalue weighted by Crippen LogP contribution is -2.51. The maximum atomic E-state index is 13.7. The number of rotatable bonds is 6. The average molecular weight is 491 g/mol. The molecule has 5 rings (SSSR count). The zero-order valence-corrected chi connectivity index (χ0v) is 22.5. The van der Waals surface area contributed by atoms with E-state index in [1.165, 1.54) is 11.1 Å². The van der Waals surface area contributed by atoms with Gasteiger partial charge in [0.2, 0.25) is 0 Å². The number of hydrogen-bond donors (Lipinski definition) is 1. The average Bonchev–Trinajstić information content (AvgIpc) is 3.02. The van der Waals surface area contributed by atoms with Gasteiger partial charge in [0.1, 0.15) is 0 Å². The van der Waals surface area contributed by atoms with Gasteiger partial charge in [-0.25, -0.2) is 0 Å². The summed E-state index contributed by atoms with van der Waals surface area (Å²) in [6.07, 6.45) is 16.7. The molecule has 5 aliphatic rings. The number of fused-ring (bicyclic) bond motifs is 5. The first kappa shape index (κ1) is 25.3. The Balaban J connectivity index is 1.31. The van der Waals surface area contributed by atoms with Gasteiger partial charge < -0.3 is 9.84 Å². The van der Waals surface area contributed by atoms with Crippen LogP contribution in [0.15, 0.2) is 58.9 Å².